The lowest BCUT2D eigenvalue weighted by Crippen LogP contribution is -2.04. The third-order valence-corrected chi connectivity index (χ3v) is 1.70. The van der Waals surface area contributed by atoms with Gasteiger partial charge in [0, 0.05) is 11.7 Å². The Balaban J connectivity index is 3.05. The number of nitrogens with zero attached hydrogens (tertiary/aromatic N) is 2. The summed E-state index contributed by atoms with van der Waals surface area (Å²) in [6, 6.07) is 0.449. The SMILES string of the molecule is Cc1[c]nn(C(C)C)c1C. The fourth-order valence-electron chi connectivity index (χ4n) is 0.959. The quantitative estimate of drug-likeness (QED) is 0.578. The molecule has 1 heterocycles. The molecule has 1 aromatic rings. The average Bonchev–Trinajstić information content (AvgIpc) is 2.14. The molecule has 0 N–H and O–H groups in total. The molecule has 0 spiro atoms. The summed E-state index contributed by atoms with van der Waals surface area (Å²) in [5, 5.41) is 4.11. The minimum atomic E-state index is 0.449. The summed E-state index contributed by atoms with van der Waals surface area (Å²) in [6.07, 6.45) is 2.93. The normalized spacial score (nSPS) is 10.9. The van der Waals surface area contributed by atoms with Crippen LogP contribution in [0.3, 0.4) is 0 Å². The molecule has 0 saturated carbocycles. The molecule has 10 heavy (non-hydrogen) atoms. The summed E-state index contributed by atoms with van der Waals surface area (Å²) in [5.41, 5.74) is 2.36. The molecular formula is C8H13N2. The van der Waals surface area contributed by atoms with Crippen LogP contribution >= 0.6 is 0 Å². The molecule has 2 nitrogen and oxygen atoms in total. The molecule has 0 unspecified atom stereocenters. The standard InChI is InChI=1S/C8H13N2/c1-6(2)10-8(4)7(3)5-9-10/h6H,1-4H3. The van der Waals surface area contributed by atoms with Crippen molar-refractivity contribution in [2.75, 3.05) is 0 Å². The van der Waals surface area contributed by atoms with Crippen molar-refractivity contribution < 1.29 is 0 Å². The van der Waals surface area contributed by atoms with Crippen LogP contribution in [0.5, 0.6) is 0 Å². The third kappa shape index (κ3) is 1.06. The van der Waals surface area contributed by atoms with Gasteiger partial charge in [-0.05, 0) is 33.3 Å². The first-order valence-corrected chi connectivity index (χ1v) is 3.56. The van der Waals surface area contributed by atoms with Crippen LogP contribution < -0.4 is 0 Å². The summed E-state index contributed by atoms with van der Waals surface area (Å²) in [7, 11) is 0. The smallest absolute Gasteiger partial charge is 0.116 e. The highest BCUT2D eigenvalue weighted by molar-refractivity contribution is 5.12. The van der Waals surface area contributed by atoms with Gasteiger partial charge in [0.15, 0.2) is 0 Å². The molecule has 1 radical (unpaired) electrons. The van der Waals surface area contributed by atoms with Crippen molar-refractivity contribution in [1.29, 1.82) is 0 Å². The van der Waals surface area contributed by atoms with Crippen molar-refractivity contribution in [3.8, 4) is 0 Å². The van der Waals surface area contributed by atoms with Crippen molar-refractivity contribution in [3.05, 3.63) is 17.5 Å². The Morgan fingerprint density at radius 2 is 2.00 bits per heavy atom. The van der Waals surface area contributed by atoms with Crippen LogP contribution in [0.1, 0.15) is 31.1 Å². The second kappa shape index (κ2) is 2.45. The Labute approximate surface area is 61.9 Å². The Morgan fingerprint density at radius 1 is 1.40 bits per heavy atom. The Kier molecular flexibility index (Phi) is 1.79. The van der Waals surface area contributed by atoms with Gasteiger partial charge in [0.05, 0.1) is 0 Å². The van der Waals surface area contributed by atoms with E-state index in [-0.39, 0.29) is 0 Å². The van der Waals surface area contributed by atoms with E-state index in [2.05, 4.69) is 32.1 Å². The molecule has 1 aromatic heterocycles. The predicted molar refractivity (Wildman–Crippen MR) is 40.9 cm³/mol. The Morgan fingerprint density at radius 3 is 2.20 bits per heavy atom. The first kappa shape index (κ1) is 7.32. The minimum absolute atomic E-state index is 0.449. The average molecular weight is 137 g/mol. The minimum Gasteiger partial charge on any atom is -0.266 e. The molecule has 0 aromatic carbocycles. The van der Waals surface area contributed by atoms with Crippen LogP contribution in [-0.4, -0.2) is 9.78 Å². The zero-order valence-electron chi connectivity index (χ0n) is 6.97. The van der Waals surface area contributed by atoms with Crippen molar-refractivity contribution in [1.82, 2.24) is 9.78 Å². The van der Waals surface area contributed by atoms with E-state index in [1.165, 1.54) is 5.69 Å². The fraction of sp³-hybridized carbons (Fsp3) is 0.625. The Bertz CT molecular complexity index is 223. The fourth-order valence-corrected chi connectivity index (χ4v) is 0.959. The molecule has 55 valence electrons. The van der Waals surface area contributed by atoms with Gasteiger partial charge in [-0.2, -0.15) is 5.10 Å². The van der Waals surface area contributed by atoms with E-state index in [0.717, 1.165) is 5.56 Å². The predicted octanol–water partition coefficient (Wildman–Crippen LogP) is 1.88. The molecule has 0 aliphatic rings. The lowest BCUT2D eigenvalue weighted by Gasteiger charge is -2.07. The van der Waals surface area contributed by atoms with E-state index >= 15 is 0 Å². The molecule has 0 saturated heterocycles. The van der Waals surface area contributed by atoms with E-state index < -0.39 is 0 Å². The largest absolute Gasteiger partial charge is 0.266 e. The zero-order chi connectivity index (χ0) is 7.72. The second-order valence-corrected chi connectivity index (χ2v) is 2.86. The highest BCUT2D eigenvalue weighted by Gasteiger charge is 2.04. The molecule has 0 fully saturated rings. The van der Waals surface area contributed by atoms with E-state index in [1.54, 1.807) is 0 Å². The maximum Gasteiger partial charge on any atom is 0.116 e. The van der Waals surface area contributed by atoms with Crippen LogP contribution in [0.15, 0.2) is 0 Å². The molecule has 0 atom stereocenters. The Hall–Kier alpha value is -0.790. The lowest BCUT2D eigenvalue weighted by atomic mass is 10.3. The molecule has 2 heteroatoms. The zero-order valence-corrected chi connectivity index (χ0v) is 6.97. The number of rotatable bonds is 1. The first-order chi connectivity index (χ1) is 4.63. The number of hydrogen-bond donors (Lipinski definition) is 0. The third-order valence-electron chi connectivity index (χ3n) is 1.70. The summed E-state index contributed by atoms with van der Waals surface area (Å²) < 4.78 is 1.98. The van der Waals surface area contributed by atoms with Crippen molar-refractivity contribution >= 4 is 0 Å². The summed E-state index contributed by atoms with van der Waals surface area (Å²) in [4.78, 5) is 0. The van der Waals surface area contributed by atoms with Gasteiger partial charge in [0.1, 0.15) is 6.20 Å². The number of hydrogen-bond acceptors (Lipinski definition) is 1. The summed E-state index contributed by atoms with van der Waals surface area (Å²) >= 11 is 0. The van der Waals surface area contributed by atoms with E-state index in [1.807, 2.05) is 11.6 Å². The van der Waals surface area contributed by atoms with Gasteiger partial charge in [-0.1, -0.05) is 0 Å². The van der Waals surface area contributed by atoms with E-state index in [4.69, 9.17) is 0 Å². The van der Waals surface area contributed by atoms with Crippen LogP contribution in [0, 0.1) is 20.0 Å². The van der Waals surface area contributed by atoms with Gasteiger partial charge in [-0.25, -0.2) is 0 Å². The van der Waals surface area contributed by atoms with Gasteiger partial charge >= 0.3 is 0 Å². The monoisotopic (exact) mass is 137 g/mol. The lowest BCUT2D eigenvalue weighted by molar-refractivity contribution is 0.518. The molecule has 0 bridgehead atoms. The molecule has 0 aliphatic heterocycles. The van der Waals surface area contributed by atoms with Gasteiger partial charge in [-0.3, -0.25) is 4.68 Å². The highest BCUT2D eigenvalue weighted by atomic mass is 15.3. The molecular weight excluding hydrogens is 124 g/mol. The van der Waals surface area contributed by atoms with Crippen LogP contribution in [0.2, 0.25) is 0 Å². The van der Waals surface area contributed by atoms with E-state index in [9.17, 15) is 0 Å². The van der Waals surface area contributed by atoms with Gasteiger partial charge in [0.25, 0.3) is 0 Å². The number of aryl methyl sites for hydroxylation is 1. The summed E-state index contributed by atoms with van der Waals surface area (Å²) in [5.74, 6) is 0. The highest BCUT2D eigenvalue weighted by Crippen LogP contribution is 2.09. The van der Waals surface area contributed by atoms with Gasteiger partial charge in [0.2, 0.25) is 0 Å². The maximum absolute atomic E-state index is 4.11. The molecule has 0 amide bonds. The molecule has 0 aliphatic carbocycles. The van der Waals surface area contributed by atoms with Crippen molar-refractivity contribution in [2.45, 2.75) is 33.7 Å². The first-order valence-electron chi connectivity index (χ1n) is 3.56. The van der Waals surface area contributed by atoms with Gasteiger partial charge < -0.3 is 0 Å². The number of aromatic nitrogens is 2. The van der Waals surface area contributed by atoms with Crippen LogP contribution in [-0.2, 0) is 0 Å². The molecule has 1 rings (SSSR count). The maximum atomic E-state index is 4.11. The van der Waals surface area contributed by atoms with Crippen molar-refractivity contribution in [2.24, 2.45) is 0 Å². The summed E-state index contributed by atoms with van der Waals surface area (Å²) in [6.45, 7) is 8.33. The second-order valence-electron chi connectivity index (χ2n) is 2.86. The van der Waals surface area contributed by atoms with Crippen LogP contribution in [0.25, 0.3) is 0 Å². The van der Waals surface area contributed by atoms with Crippen LogP contribution in [0.4, 0.5) is 0 Å². The topological polar surface area (TPSA) is 17.8 Å². The van der Waals surface area contributed by atoms with Crippen molar-refractivity contribution in [3.63, 3.8) is 0 Å². The van der Waals surface area contributed by atoms with E-state index in [0.29, 0.717) is 6.04 Å². The van der Waals surface area contributed by atoms with Gasteiger partial charge in [-0.15, -0.1) is 0 Å².